The normalized spacial score (nSPS) is 14.7. The van der Waals surface area contributed by atoms with Crippen LogP contribution in [0.5, 0.6) is 0 Å². The van der Waals surface area contributed by atoms with Crippen LogP contribution in [0.15, 0.2) is 54.6 Å². The summed E-state index contributed by atoms with van der Waals surface area (Å²) >= 11 is 0. The maximum absolute atomic E-state index is 12.1. The molecule has 1 aliphatic heterocycles. The molecule has 1 aliphatic rings. The Balaban J connectivity index is 1.48. The van der Waals surface area contributed by atoms with Crippen LogP contribution in [0, 0.1) is 0 Å². The van der Waals surface area contributed by atoms with Crippen LogP contribution in [-0.4, -0.2) is 24.9 Å². The number of nitrogens with one attached hydrogen (secondary N) is 2. The largest absolute Gasteiger partial charge is 0.372 e. The van der Waals surface area contributed by atoms with Gasteiger partial charge in [-0.25, -0.2) is 0 Å². The number of rotatable bonds is 6. The molecule has 0 spiro atoms. The van der Waals surface area contributed by atoms with Crippen molar-refractivity contribution in [3.63, 3.8) is 0 Å². The first-order valence-corrected chi connectivity index (χ1v) is 9.11. The third-order valence-corrected chi connectivity index (χ3v) is 4.62. The highest BCUT2D eigenvalue weighted by atomic mass is 16.2. The molecule has 1 atom stereocenters. The van der Waals surface area contributed by atoms with Gasteiger partial charge in [-0.2, -0.15) is 0 Å². The standard InChI is InChI=1S/C21H25N3O2/c1-16(17-7-3-2-4-8-17)22-20(25)15-21(26)23-18-9-11-19(12-10-18)24-13-5-6-14-24/h2-4,7-12,16H,5-6,13-15H2,1H3,(H,22,25)(H,23,26). The fourth-order valence-electron chi connectivity index (χ4n) is 3.20. The van der Waals surface area contributed by atoms with Crippen molar-refractivity contribution in [1.82, 2.24) is 5.32 Å². The zero-order chi connectivity index (χ0) is 18.4. The van der Waals surface area contributed by atoms with Gasteiger partial charge in [-0.15, -0.1) is 0 Å². The molecule has 2 aromatic carbocycles. The van der Waals surface area contributed by atoms with E-state index >= 15 is 0 Å². The van der Waals surface area contributed by atoms with Crippen molar-refractivity contribution < 1.29 is 9.59 Å². The molecule has 1 saturated heterocycles. The Morgan fingerprint density at radius 1 is 0.962 bits per heavy atom. The number of carbonyl (C=O) groups excluding carboxylic acids is 2. The van der Waals surface area contributed by atoms with Gasteiger partial charge in [-0.3, -0.25) is 9.59 Å². The molecule has 5 nitrogen and oxygen atoms in total. The molecular formula is C21H25N3O2. The van der Waals surface area contributed by atoms with Crippen LogP contribution in [0.1, 0.15) is 37.8 Å². The van der Waals surface area contributed by atoms with Crippen molar-refractivity contribution >= 4 is 23.2 Å². The van der Waals surface area contributed by atoms with Crippen molar-refractivity contribution in [1.29, 1.82) is 0 Å². The van der Waals surface area contributed by atoms with Gasteiger partial charge in [-0.05, 0) is 49.6 Å². The molecule has 0 bridgehead atoms. The molecule has 0 aliphatic carbocycles. The fourth-order valence-corrected chi connectivity index (χ4v) is 3.20. The molecule has 3 rings (SSSR count). The molecule has 0 aromatic heterocycles. The molecule has 1 unspecified atom stereocenters. The zero-order valence-corrected chi connectivity index (χ0v) is 15.1. The van der Waals surface area contributed by atoms with E-state index in [1.54, 1.807) is 0 Å². The molecule has 0 saturated carbocycles. The first kappa shape index (κ1) is 18.0. The Morgan fingerprint density at radius 2 is 1.62 bits per heavy atom. The van der Waals surface area contributed by atoms with Crippen molar-refractivity contribution in [2.75, 3.05) is 23.3 Å². The second kappa shape index (κ2) is 8.52. The number of hydrogen-bond donors (Lipinski definition) is 2. The summed E-state index contributed by atoms with van der Waals surface area (Å²) in [5.41, 5.74) is 2.90. The highest BCUT2D eigenvalue weighted by Gasteiger charge is 2.14. The van der Waals surface area contributed by atoms with E-state index in [1.807, 2.05) is 61.5 Å². The number of hydrogen-bond acceptors (Lipinski definition) is 3. The lowest BCUT2D eigenvalue weighted by atomic mass is 10.1. The van der Waals surface area contributed by atoms with Crippen molar-refractivity contribution in [2.45, 2.75) is 32.2 Å². The Labute approximate surface area is 154 Å². The summed E-state index contributed by atoms with van der Waals surface area (Å²) in [7, 11) is 0. The van der Waals surface area contributed by atoms with Gasteiger partial charge in [0.05, 0.1) is 6.04 Å². The highest BCUT2D eigenvalue weighted by Crippen LogP contribution is 2.22. The third-order valence-electron chi connectivity index (χ3n) is 4.62. The lowest BCUT2D eigenvalue weighted by Crippen LogP contribution is -2.30. The monoisotopic (exact) mass is 351 g/mol. The number of carbonyl (C=O) groups is 2. The summed E-state index contributed by atoms with van der Waals surface area (Å²) < 4.78 is 0. The van der Waals surface area contributed by atoms with Crippen LogP contribution in [0.2, 0.25) is 0 Å². The SMILES string of the molecule is CC(NC(=O)CC(=O)Nc1ccc(N2CCCC2)cc1)c1ccccc1. The Hall–Kier alpha value is -2.82. The first-order chi connectivity index (χ1) is 12.6. The zero-order valence-electron chi connectivity index (χ0n) is 15.1. The summed E-state index contributed by atoms with van der Waals surface area (Å²) in [4.78, 5) is 26.5. The molecule has 0 radical (unpaired) electrons. The fraction of sp³-hybridized carbons (Fsp3) is 0.333. The quantitative estimate of drug-likeness (QED) is 0.783. The molecule has 136 valence electrons. The van der Waals surface area contributed by atoms with Gasteiger partial charge in [0.2, 0.25) is 11.8 Å². The van der Waals surface area contributed by atoms with Gasteiger partial charge in [0.1, 0.15) is 6.42 Å². The van der Waals surface area contributed by atoms with E-state index in [0.29, 0.717) is 5.69 Å². The van der Waals surface area contributed by atoms with Gasteiger partial charge in [-0.1, -0.05) is 30.3 Å². The molecular weight excluding hydrogens is 326 g/mol. The summed E-state index contributed by atoms with van der Waals surface area (Å²) in [6.45, 7) is 4.08. The van der Waals surface area contributed by atoms with Crippen molar-refractivity contribution in [2.24, 2.45) is 0 Å². The predicted molar refractivity (Wildman–Crippen MR) is 104 cm³/mol. The maximum atomic E-state index is 12.1. The molecule has 26 heavy (non-hydrogen) atoms. The number of nitrogens with zero attached hydrogens (tertiary/aromatic N) is 1. The molecule has 1 heterocycles. The average molecular weight is 351 g/mol. The summed E-state index contributed by atoms with van der Waals surface area (Å²) in [5.74, 6) is -0.593. The van der Waals surface area contributed by atoms with E-state index in [-0.39, 0.29) is 24.3 Å². The highest BCUT2D eigenvalue weighted by molar-refractivity contribution is 6.03. The maximum Gasteiger partial charge on any atom is 0.233 e. The molecule has 5 heteroatoms. The van der Waals surface area contributed by atoms with Gasteiger partial charge in [0.25, 0.3) is 0 Å². The van der Waals surface area contributed by atoms with Crippen LogP contribution in [0.4, 0.5) is 11.4 Å². The minimum atomic E-state index is -0.309. The smallest absolute Gasteiger partial charge is 0.233 e. The molecule has 2 aromatic rings. The van der Waals surface area contributed by atoms with E-state index < -0.39 is 0 Å². The van der Waals surface area contributed by atoms with Gasteiger partial charge in [0.15, 0.2) is 0 Å². The second-order valence-corrected chi connectivity index (χ2v) is 6.67. The molecule has 2 N–H and O–H groups in total. The number of amides is 2. The van der Waals surface area contributed by atoms with Crippen LogP contribution >= 0.6 is 0 Å². The van der Waals surface area contributed by atoms with E-state index in [2.05, 4.69) is 15.5 Å². The lowest BCUT2D eigenvalue weighted by molar-refractivity contribution is -0.127. The Bertz CT molecular complexity index is 738. The lowest BCUT2D eigenvalue weighted by Gasteiger charge is -2.18. The molecule has 2 amide bonds. The summed E-state index contributed by atoms with van der Waals surface area (Å²) in [6.07, 6.45) is 2.27. The first-order valence-electron chi connectivity index (χ1n) is 9.11. The average Bonchev–Trinajstić information content (AvgIpc) is 3.17. The van der Waals surface area contributed by atoms with Crippen LogP contribution in [0.25, 0.3) is 0 Å². The van der Waals surface area contributed by atoms with E-state index in [4.69, 9.17) is 0 Å². The van der Waals surface area contributed by atoms with Crippen LogP contribution in [0.3, 0.4) is 0 Å². The topological polar surface area (TPSA) is 61.4 Å². The van der Waals surface area contributed by atoms with Gasteiger partial charge < -0.3 is 15.5 Å². The number of benzene rings is 2. The Kier molecular flexibility index (Phi) is 5.89. The van der Waals surface area contributed by atoms with Crippen molar-refractivity contribution in [3.8, 4) is 0 Å². The number of anilines is 2. The second-order valence-electron chi connectivity index (χ2n) is 6.67. The van der Waals surface area contributed by atoms with Crippen LogP contribution < -0.4 is 15.5 Å². The minimum Gasteiger partial charge on any atom is -0.372 e. The van der Waals surface area contributed by atoms with Gasteiger partial charge >= 0.3 is 0 Å². The van der Waals surface area contributed by atoms with E-state index in [0.717, 1.165) is 18.7 Å². The van der Waals surface area contributed by atoms with Crippen LogP contribution in [-0.2, 0) is 9.59 Å². The van der Waals surface area contributed by atoms with E-state index in [9.17, 15) is 9.59 Å². The minimum absolute atomic E-state index is 0.128. The Morgan fingerprint density at radius 3 is 2.27 bits per heavy atom. The van der Waals surface area contributed by atoms with Gasteiger partial charge in [0, 0.05) is 24.5 Å². The van der Waals surface area contributed by atoms with Crippen molar-refractivity contribution in [3.05, 3.63) is 60.2 Å². The summed E-state index contributed by atoms with van der Waals surface area (Å²) in [5, 5.41) is 5.64. The third kappa shape index (κ3) is 4.85. The predicted octanol–water partition coefficient (Wildman–Crippen LogP) is 3.49. The molecule has 1 fully saturated rings. The van der Waals surface area contributed by atoms with E-state index in [1.165, 1.54) is 18.5 Å². The summed E-state index contributed by atoms with van der Waals surface area (Å²) in [6, 6.07) is 17.4.